The van der Waals surface area contributed by atoms with E-state index in [1.807, 2.05) is 32.9 Å². The third-order valence-electron chi connectivity index (χ3n) is 5.78. The Hall–Kier alpha value is -4.53. The number of carbonyl (C=O) groups is 1. The summed E-state index contributed by atoms with van der Waals surface area (Å²) in [6, 6.07) is 8.92. The maximum Gasteiger partial charge on any atom is 0.205 e. The Morgan fingerprint density at radius 2 is 1.56 bits per heavy atom. The molecule has 2 aromatic heterocycles. The van der Waals surface area contributed by atoms with Gasteiger partial charge in [0.25, 0.3) is 0 Å². The monoisotopic (exact) mass is 485 g/mol. The molecule has 0 saturated heterocycles. The number of aromatic nitrogens is 4. The van der Waals surface area contributed by atoms with Crippen LogP contribution in [0, 0.1) is 20.8 Å². The van der Waals surface area contributed by atoms with E-state index < -0.39 is 0 Å². The van der Waals surface area contributed by atoms with Gasteiger partial charge in [-0.15, -0.1) is 0 Å². The second kappa shape index (κ2) is 10.4. The molecule has 0 amide bonds. The van der Waals surface area contributed by atoms with Gasteiger partial charge in [0, 0.05) is 11.3 Å². The molecule has 9 nitrogen and oxygen atoms in total. The average molecular weight is 486 g/mol. The van der Waals surface area contributed by atoms with Gasteiger partial charge in [0.05, 0.1) is 49.5 Å². The fraction of sp³-hybridized carbons (Fsp3) is 0.222. The van der Waals surface area contributed by atoms with Gasteiger partial charge in [-0.1, -0.05) is 0 Å². The SMILES string of the molecule is COc1cc2c(Nc3ccc(C(=O)/C=C/c4nc(C)c(C)nc4C)cc3)ncnc2c(OC)c1OC. The molecule has 9 heteroatoms. The zero-order valence-corrected chi connectivity index (χ0v) is 21.0. The van der Waals surface area contributed by atoms with Gasteiger partial charge in [-0.2, -0.15) is 0 Å². The molecule has 0 radical (unpaired) electrons. The van der Waals surface area contributed by atoms with Crippen molar-refractivity contribution in [3.05, 3.63) is 71.1 Å². The van der Waals surface area contributed by atoms with Crippen molar-refractivity contribution in [2.75, 3.05) is 26.6 Å². The van der Waals surface area contributed by atoms with Crippen LogP contribution in [0.4, 0.5) is 11.5 Å². The summed E-state index contributed by atoms with van der Waals surface area (Å²) in [4.78, 5) is 30.4. The van der Waals surface area contributed by atoms with Gasteiger partial charge in [-0.3, -0.25) is 9.78 Å². The highest BCUT2D eigenvalue weighted by Gasteiger charge is 2.19. The van der Waals surface area contributed by atoms with Crippen LogP contribution in [0.15, 0.2) is 42.7 Å². The maximum atomic E-state index is 12.7. The molecule has 0 atom stereocenters. The van der Waals surface area contributed by atoms with Crippen LogP contribution in [0.3, 0.4) is 0 Å². The van der Waals surface area contributed by atoms with Crippen LogP contribution >= 0.6 is 0 Å². The molecule has 0 spiro atoms. The first-order valence-electron chi connectivity index (χ1n) is 11.2. The molecule has 4 rings (SSSR count). The zero-order valence-electron chi connectivity index (χ0n) is 21.0. The molecule has 0 bridgehead atoms. The Kier molecular flexibility index (Phi) is 7.10. The molecular weight excluding hydrogens is 458 g/mol. The van der Waals surface area contributed by atoms with Crippen LogP contribution in [0.5, 0.6) is 17.2 Å². The van der Waals surface area contributed by atoms with Crippen molar-refractivity contribution in [2.24, 2.45) is 0 Å². The van der Waals surface area contributed by atoms with Crippen LogP contribution in [-0.4, -0.2) is 47.0 Å². The lowest BCUT2D eigenvalue weighted by Gasteiger charge is -2.16. The lowest BCUT2D eigenvalue weighted by Crippen LogP contribution is -2.01. The van der Waals surface area contributed by atoms with Crippen molar-refractivity contribution >= 4 is 34.3 Å². The summed E-state index contributed by atoms with van der Waals surface area (Å²) in [6.07, 6.45) is 4.66. The second-order valence-electron chi connectivity index (χ2n) is 8.03. The van der Waals surface area contributed by atoms with Crippen LogP contribution in [0.2, 0.25) is 0 Å². The zero-order chi connectivity index (χ0) is 25.8. The number of hydrogen-bond donors (Lipinski definition) is 1. The summed E-state index contributed by atoms with van der Waals surface area (Å²) in [5.41, 5.74) is 5.06. The summed E-state index contributed by atoms with van der Waals surface area (Å²) in [5.74, 6) is 1.83. The first-order chi connectivity index (χ1) is 17.4. The summed E-state index contributed by atoms with van der Waals surface area (Å²) in [7, 11) is 4.64. The number of hydrogen-bond acceptors (Lipinski definition) is 9. The Labute approximate surface area is 209 Å². The van der Waals surface area contributed by atoms with E-state index in [4.69, 9.17) is 14.2 Å². The Morgan fingerprint density at radius 1 is 0.861 bits per heavy atom. The van der Waals surface area contributed by atoms with E-state index in [0.717, 1.165) is 22.8 Å². The van der Waals surface area contributed by atoms with E-state index >= 15 is 0 Å². The number of carbonyl (C=O) groups excluding carboxylic acids is 1. The number of methoxy groups -OCH3 is 3. The van der Waals surface area contributed by atoms with E-state index in [1.54, 1.807) is 45.6 Å². The highest BCUT2D eigenvalue weighted by Crippen LogP contribution is 2.44. The summed E-state index contributed by atoms with van der Waals surface area (Å²) < 4.78 is 16.5. The first-order valence-corrected chi connectivity index (χ1v) is 11.2. The molecule has 1 N–H and O–H groups in total. The molecule has 0 aliphatic carbocycles. The van der Waals surface area contributed by atoms with E-state index in [0.29, 0.717) is 45.2 Å². The molecule has 0 unspecified atom stereocenters. The van der Waals surface area contributed by atoms with Crippen molar-refractivity contribution < 1.29 is 19.0 Å². The predicted molar refractivity (Wildman–Crippen MR) is 139 cm³/mol. The Bertz CT molecular complexity index is 1470. The average Bonchev–Trinajstić information content (AvgIpc) is 2.89. The highest BCUT2D eigenvalue weighted by atomic mass is 16.5. The van der Waals surface area contributed by atoms with Crippen LogP contribution in [0.1, 0.15) is 33.1 Å². The van der Waals surface area contributed by atoms with Crippen molar-refractivity contribution in [1.29, 1.82) is 0 Å². The number of rotatable bonds is 8. The maximum absolute atomic E-state index is 12.7. The number of nitrogens with zero attached hydrogens (tertiary/aromatic N) is 4. The number of ketones is 1. The molecule has 0 aliphatic rings. The van der Waals surface area contributed by atoms with Gasteiger partial charge < -0.3 is 19.5 Å². The number of fused-ring (bicyclic) bond motifs is 1. The van der Waals surface area contributed by atoms with Gasteiger partial charge >= 0.3 is 0 Å². The normalized spacial score (nSPS) is 11.1. The van der Waals surface area contributed by atoms with Gasteiger partial charge in [0.15, 0.2) is 17.3 Å². The second-order valence-corrected chi connectivity index (χ2v) is 8.03. The minimum absolute atomic E-state index is 0.130. The summed E-state index contributed by atoms with van der Waals surface area (Å²) >= 11 is 0. The van der Waals surface area contributed by atoms with E-state index in [1.165, 1.54) is 12.4 Å². The quantitative estimate of drug-likeness (QED) is 0.272. The largest absolute Gasteiger partial charge is 0.493 e. The molecule has 2 aromatic carbocycles. The van der Waals surface area contributed by atoms with Gasteiger partial charge in [-0.25, -0.2) is 15.0 Å². The molecule has 4 aromatic rings. The van der Waals surface area contributed by atoms with Crippen LogP contribution < -0.4 is 19.5 Å². The standard InChI is InChI=1S/C27H27N5O4/c1-15-16(2)31-21(17(3)30-15)11-12-22(33)18-7-9-19(10-8-18)32-27-20-13-23(34-4)25(35-5)26(36-6)24(20)28-14-29-27/h7-14H,1-6H3,(H,28,29,32)/b12-11+. The smallest absolute Gasteiger partial charge is 0.205 e. The number of aryl methyl sites for hydroxylation is 3. The van der Waals surface area contributed by atoms with Crippen LogP contribution in [-0.2, 0) is 0 Å². The topological polar surface area (TPSA) is 108 Å². The minimum atomic E-state index is -0.130. The van der Waals surface area contributed by atoms with Gasteiger partial charge in [0.2, 0.25) is 5.75 Å². The van der Waals surface area contributed by atoms with Crippen molar-refractivity contribution in [3.63, 3.8) is 0 Å². The third-order valence-corrected chi connectivity index (χ3v) is 5.78. The van der Waals surface area contributed by atoms with E-state index in [2.05, 4.69) is 25.3 Å². The lowest BCUT2D eigenvalue weighted by molar-refractivity contribution is 0.104. The summed E-state index contributed by atoms with van der Waals surface area (Å²) in [5, 5.41) is 3.97. The van der Waals surface area contributed by atoms with Crippen molar-refractivity contribution in [2.45, 2.75) is 20.8 Å². The summed E-state index contributed by atoms with van der Waals surface area (Å²) in [6.45, 7) is 5.69. The molecule has 0 aliphatic heterocycles. The predicted octanol–water partition coefficient (Wildman–Crippen LogP) is 5.01. The van der Waals surface area contributed by atoms with Crippen LogP contribution in [0.25, 0.3) is 17.0 Å². The lowest BCUT2D eigenvalue weighted by atomic mass is 10.1. The fourth-order valence-electron chi connectivity index (χ4n) is 3.76. The number of ether oxygens (including phenoxy) is 3. The van der Waals surface area contributed by atoms with E-state index in [9.17, 15) is 4.79 Å². The molecule has 36 heavy (non-hydrogen) atoms. The number of nitrogens with one attached hydrogen (secondary N) is 1. The number of benzene rings is 2. The van der Waals surface area contributed by atoms with Crippen molar-refractivity contribution in [3.8, 4) is 17.2 Å². The van der Waals surface area contributed by atoms with E-state index in [-0.39, 0.29) is 5.78 Å². The minimum Gasteiger partial charge on any atom is -0.493 e. The molecule has 184 valence electrons. The van der Waals surface area contributed by atoms with Crippen molar-refractivity contribution in [1.82, 2.24) is 19.9 Å². The fourth-order valence-corrected chi connectivity index (χ4v) is 3.76. The Balaban J connectivity index is 1.58. The Morgan fingerprint density at radius 3 is 2.22 bits per heavy atom. The number of allylic oxidation sites excluding steroid dienone is 1. The first kappa shape index (κ1) is 24.6. The third kappa shape index (κ3) is 4.81. The highest BCUT2D eigenvalue weighted by molar-refractivity contribution is 6.07. The molecular formula is C27H27N5O4. The molecule has 0 fully saturated rings. The number of anilines is 2. The van der Waals surface area contributed by atoms with Gasteiger partial charge in [-0.05, 0) is 63.3 Å². The van der Waals surface area contributed by atoms with Gasteiger partial charge in [0.1, 0.15) is 17.7 Å². The molecule has 0 saturated carbocycles. The molecule has 2 heterocycles.